The van der Waals surface area contributed by atoms with Gasteiger partial charge in [-0.25, -0.2) is 8.42 Å². The summed E-state index contributed by atoms with van der Waals surface area (Å²) in [5, 5.41) is 8.73. The SMILES string of the molecule is CC(=O)C(C)(C)[C@@H](c1ccc(C)c(CN2CC3(CCOCC3)Oc3nc(O[C@H](C)CN4CCCCC4)c(C)cc3S2(=O)=O)c1)c1ccn2c(C)nnc2c1C. The minimum atomic E-state index is -4.09. The molecule has 0 unspecified atom stereocenters. The van der Waals surface area contributed by atoms with Gasteiger partial charge >= 0.3 is 0 Å². The van der Waals surface area contributed by atoms with Crippen LogP contribution in [-0.4, -0.2) is 94.1 Å². The molecule has 296 valence electrons. The number of pyridine rings is 2. The highest BCUT2D eigenvalue weighted by atomic mass is 32.2. The molecule has 2 fully saturated rings. The van der Waals surface area contributed by atoms with E-state index < -0.39 is 21.0 Å². The third-order valence-electron chi connectivity index (χ3n) is 12.2. The number of hydrogen-bond donors (Lipinski definition) is 0. The van der Waals surface area contributed by atoms with Gasteiger partial charge in [0.25, 0.3) is 0 Å². The van der Waals surface area contributed by atoms with Gasteiger partial charge in [0.15, 0.2) is 5.65 Å². The van der Waals surface area contributed by atoms with Crippen LogP contribution in [0.3, 0.4) is 0 Å². The number of Topliss-reactive ketones (excluding diaryl/α,β-unsaturated/α-hetero) is 1. The second-order valence-corrected chi connectivity index (χ2v) is 18.5. The molecule has 12 nitrogen and oxygen atoms in total. The van der Waals surface area contributed by atoms with Gasteiger partial charge in [-0.15, -0.1) is 10.2 Å². The first kappa shape index (κ1) is 39.3. The van der Waals surface area contributed by atoms with Crippen molar-refractivity contribution in [2.75, 3.05) is 39.4 Å². The highest BCUT2D eigenvalue weighted by Crippen LogP contribution is 2.45. The Morgan fingerprint density at radius 3 is 2.44 bits per heavy atom. The number of sulfonamides is 1. The van der Waals surface area contributed by atoms with Crippen LogP contribution in [-0.2, 0) is 26.1 Å². The minimum Gasteiger partial charge on any atom is -0.473 e. The van der Waals surface area contributed by atoms with E-state index in [-0.39, 0.29) is 41.7 Å². The smallest absolute Gasteiger partial charge is 0.248 e. The van der Waals surface area contributed by atoms with Gasteiger partial charge in [0.1, 0.15) is 28.2 Å². The van der Waals surface area contributed by atoms with Gasteiger partial charge < -0.3 is 14.2 Å². The van der Waals surface area contributed by atoms with E-state index in [1.165, 1.54) is 19.3 Å². The monoisotopic (exact) mass is 772 g/mol. The summed E-state index contributed by atoms with van der Waals surface area (Å²) in [6.45, 7) is 19.5. The second kappa shape index (κ2) is 15.2. The zero-order valence-electron chi connectivity index (χ0n) is 33.6. The Bertz CT molecular complexity index is 2190. The maximum absolute atomic E-state index is 14.8. The lowest BCUT2D eigenvalue weighted by Gasteiger charge is -2.38. The lowest BCUT2D eigenvalue weighted by atomic mass is 9.68. The lowest BCUT2D eigenvalue weighted by molar-refractivity contribution is -0.125. The molecule has 13 heteroatoms. The van der Waals surface area contributed by atoms with Crippen LogP contribution >= 0.6 is 0 Å². The number of benzene rings is 1. The predicted molar refractivity (Wildman–Crippen MR) is 210 cm³/mol. The Kier molecular flexibility index (Phi) is 10.9. The fourth-order valence-electron chi connectivity index (χ4n) is 8.54. The summed E-state index contributed by atoms with van der Waals surface area (Å²) < 4.78 is 52.1. The quantitative estimate of drug-likeness (QED) is 0.177. The van der Waals surface area contributed by atoms with Gasteiger partial charge in [-0.05, 0) is 107 Å². The second-order valence-electron chi connectivity index (χ2n) is 16.6. The highest BCUT2D eigenvalue weighted by molar-refractivity contribution is 7.89. The lowest BCUT2D eigenvalue weighted by Crippen LogP contribution is -2.50. The molecule has 1 aromatic carbocycles. The van der Waals surface area contributed by atoms with Crippen molar-refractivity contribution < 1.29 is 27.4 Å². The maximum Gasteiger partial charge on any atom is 0.248 e. The van der Waals surface area contributed by atoms with Crippen molar-refractivity contribution in [3.8, 4) is 11.8 Å². The van der Waals surface area contributed by atoms with E-state index in [9.17, 15) is 13.2 Å². The molecule has 0 radical (unpaired) electrons. The van der Waals surface area contributed by atoms with Gasteiger partial charge in [0.2, 0.25) is 21.8 Å². The molecule has 0 bridgehead atoms. The summed E-state index contributed by atoms with van der Waals surface area (Å²) >= 11 is 0. The van der Waals surface area contributed by atoms with Crippen molar-refractivity contribution in [2.24, 2.45) is 5.41 Å². The number of rotatable bonds is 10. The zero-order chi connectivity index (χ0) is 39.3. The summed E-state index contributed by atoms with van der Waals surface area (Å²) in [6.07, 6.45) is 6.52. The third kappa shape index (κ3) is 7.65. The van der Waals surface area contributed by atoms with Crippen molar-refractivity contribution in [3.63, 3.8) is 0 Å². The van der Waals surface area contributed by atoms with E-state index in [1.54, 1.807) is 17.3 Å². The highest BCUT2D eigenvalue weighted by Gasteiger charge is 2.46. The molecule has 2 atom stereocenters. The van der Waals surface area contributed by atoms with Gasteiger partial charge in [-0.1, -0.05) is 38.5 Å². The van der Waals surface area contributed by atoms with Gasteiger partial charge in [-0.3, -0.25) is 14.1 Å². The molecule has 7 rings (SSSR count). The number of ketones is 1. The van der Waals surface area contributed by atoms with Gasteiger partial charge in [0, 0.05) is 49.0 Å². The van der Waals surface area contributed by atoms with E-state index in [0.29, 0.717) is 37.5 Å². The summed E-state index contributed by atoms with van der Waals surface area (Å²) in [6, 6.07) is 9.88. The van der Waals surface area contributed by atoms with Crippen molar-refractivity contribution in [2.45, 2.75) is 117 Å². The Morgan fingerprint density at radius 1 is 1.00 bits per heavy atom. The Labute approximate surface area is 325 Å². The van der Waals surface area contributed by atoms with Gasteiger partial charge in [-0.2, -0.15) is 9.29 Å². The standard InChI is InChI=1S/C42H56N6O6S/c1-27-12-13-33(37(41(7,8)31(5)49)35-14-19-48-32(6)44-45-38(48)30(35)4)23-34(27)25-47-26-42(15-20-52-21-16-42)54-40-36(55(47,50)51)22-28(2)39(43-40)53-29(3)24-46-17-10-9-11-18-46/h12-14,19,22-23,29,37H,9-11,15-18,20-21,24-26H2,1-8H3/t29-,37+/m1/s1. The fraction of sp³-hybridized carbons (Fsp3) is 0.571. The number of aromatic nitrogens is 4. The van der Waals surface area contributed by atoms with Crippen LogP contribution in [0.15, 0.2) is 41.4 Å². The number of carbonyl (C=O) groups is 1. The first-order chi connectivity index (χ1) is 26.1. The fourth-order valence-corrected chi connectivity index (χ4v) is 10.2. The number of fused-ring (bicyclic) bond motifs is 2. The number of nitrogens with zero attached hydrogens (tertiary/aromatic N) is 6. The van der Waals surface area contributed by atoms with Crippen molar-refractivity contribution in [1.29, 1.82) is 0 Å². The Balaban J connectivity index is 1.26. The largest absolute Gasteiger partial charge is 0.473 e. The van der Waals surface area contributed by atoms with E-state index in [2.05, 4.69) is 33.3 Å². The molecule has 2 saturated heterocycles. The van der Waals surface area contributed by atoms with Crippen molar-refractivity contribution in [3.05, 3.63) is 75.7 Å². The molecule has 6 heterocycles. The first-order valence-corrected chi connectivity index (χ1v) is 21.1. The summed E-state index contributed by atoms with van der Waals surface area (Å²) in [5.74, 6) is 0.979. The van der Waals surface area contributed by atoms with Gasteiger partial charge in [0.05, 0.1) is 19.8 Å². The van der Waals surface area contributed by atoms with Crippen LogP contribution in [0.4, 0.5) is 0 Å². The normalized spacial score (nSPS) is 20.1. The Hall–Kier alpha value is -3.91. The topological polar surface area (TPSA) is 128 Å². The van der Waals surface area contributed by atoms with Crippen LogP contribution in [0, 0.1) is 33.1 Å². The number of ether oxygens (including phenoxy) is 3. The van der Waals surface area contributed by atoms with Crippen LogP contribution in [0.2, 0.25) is 0 Å². The predicted octanol–water partition coefficient (Wildman–Crippen LogP) is 6.49. The van der Waals surface area contributed by atoms with Crippen molar-refractivity contribution in [1.82, 2.24) is 28.8 Å². The zero-order valence-corrected chi connectivity index (χ0v) is 34.5. The number of hydrogen-bond acceptors (Lipinski definition) is 10. The van der Waals surface area contributed by atoms with Crippen LogP contribution in [0.5, 0.6) is 11.8 Å². The molecule has 0 saturated carbocycles. The van der Waals surface area contributed by atoms with E-state index in [4.69, 9.17) is 19.2 Å². The molecular formula is C42H56N6O6S. The average molecular weight is 773 g/mol. The Morgan fingerprint density at radius 2 is 1.73 bits per heavy atom. The van der Waals surface area contributed by atoms with E-state index in [0.717, 1.165) is 58.9 Å². The molecule has 0 amide bonds. The van der Waals surface area contributed by atoms with Crippen molar-refractivity contribution >= 4 is 21.5 Å². The van der Waals surface area contributed by atoms with E-state index in [1.807, 2.05) is 65.1 Å². The molecule has 4 aromatic rings. The van der Waals surface area contributed by atoms with Crippen LogP contribution in [0.25, 0.3) is 5.65 Å². The molecule has 3 aliphatic rings. The van der Waals surface area contributed by atoms with E-state index >= 15 is 0 Å². The first-order valence-electron chi connectivity index (χ1n) is 19.7. The molecule has 3 aromatic heterocycles. The molecule has 0 aliphatic carbocycles. The number of piperidine rings is 1. The summed E-state index contributed by atoms with van der Waals surface area (Å²) in [4.78, 5) is 20.6. The maximum atomic E-state index is 14.8. The average Bonchev–Trinajstić information content (AvgIpc) is 3.49. The summed E-state index contributed by atoms with van der Waals surface area (Å²) in [7, 11) is -4.09. The minimum absolute atomic E-state index is 0.0429. The van der Waals surface area contributed by atoms with Crippen LogP contribution < -0.4 is 9.47 Å². The third-order valence-corrected chi connectivity index (χ3v) is 14.0. The molecule has 3 aliphatic heterocycles. The molecule has 1 spiro atoms. The number of aryl methyl sites for hydroxylation is 4. The molecule has 0 N–H and O–H groups in total. The summed E-state index contributed by atoms with van der Waals surface area (Å²) in [5.41, 5.74) is 4.42. The van der Waals surface area contributed by atoms with Crippen LogP contribution in [0.1, 0.15) is 105 Å². The molecular weight excluding hydrogens is 717 g/mol. The number of carbonyl (C=O) groups excluding carboxylic acids is 1. The molecule has 55 heavy (non-hydrogen) atoms. The number of likely N-dealkylation sites (tertiary alicyclic amines) is 1.